The highest BCUT2D eigenvalue weighted by molar-refractivity contribution is 7.99. The van der Waals surface area contributed by atoms with E-state index in [1.165, 1.54) is 11.8 Å². The van der Waals surface area contributed by atoms with E-state index in [1.807, 2.05) is 24.3 Å². The third kappa shape index (κ3) is 3.86. The second-order valence-electron chi connectivity index (χ2n) is 3.90. The first-order valence-corrected chi connectivity index (χ1v) is 7.56. The molecule has 1 N–H and O–H groups in total. The molecule has 0 aliphatic rings. The van der Waals surface area contributed by atoms with E-state index in [1.54, 1.807) is 6.20 Å². The number of hydrogen-bond donors (Lipinski definition) is 1. The number of benzene rings is 1. The summed E-state index contributed by atoms with van der Waals surface area (Å²) in [6.45, 7) is 3.78. The van der Waals surface area contributed by atoms with Crippen LogP contribution in [0.4, 0.5) is 0 Å². The molecule has 100 valence electrons. The molecule has 1 heterocycles. The molecule has 0 unspecified atom stereocenters. The zero-order valence-corrected chi connectivity index (χ0v) is 12.8. The van der Waals surface area contributed by atoms with Crippen LogP contribution >= 0.6 is 35.0 Å². The Morgan fingerprint density at radius 1 is 1.16 bits per heavy atom. The molecule has 2 nitrogen and oxygen atoms in total. The first kappa shape index (κ1) is 14.7. The molecule has 0 aliphatic heterocycles. The molecular formula is C14H14Cl2N2S. The molecule has 0 saturated carbocycles. The lowest BCUT2D eigenvalue weighted by Crippen LogP contribution is -2.12. The van der Waals surface area contributed by atoms with Crippen molar-refractivity contribution < 1.29 is 0 Å². The smallest absolute Gasteiger partial charge is 0.119 e. The molecule has 0 bridgehead atoms. The van der Waals surface area contributed by atoms with E-state index in [2.05, 4.69) is 23.3 Å². The van der Waals surface area contributed by atoms with Gasteiger partial charge in [-0.2, -0.15) is 0 Å². The molecule has 2 aromatic rings. The van der Waals surface area contributed by atoms with E-state index in [-0.39, 0.29) is 0 Å². The number of aromatic nitrogens is 1. The van der Waals surface area contributed by atoms with Gasteiger partial charge in [0.25, 0.3) is 0 Å². The molecule has 1 aromatic carbocycles. The van der Waals surface area contributed by atoms with E-state index < -0.39 is 0 Å². The largest absolute Gasteiger partial charge is 0.313 e. The van der Waals surface area contributed by atoms with Crippen molar-refractivity contribution >= 4 is 35.0 Å². The Morgan fingerprint density at radius 3 is 2.68 bits per heavy atom. The lowest BCUT2D eigenvalue weighted by molar-refractivity contribution is 0.718. The molecule has 0 radical (unpaired) electrons. The average molecular weight is 313 g/mol. The molecule has 0 spiro atoms. The van der Waals surface area contributed by atoms with Gasteiger partial charge in [0.2, 0.25) is 0 Å². The summed E-state index contributed by atoms with van der Waals surface area (Å²) < 4.78 is 0. The predicted octanol–water partition coefficient (Wildman–Crippen LogP) is 4.65. The summed E-state index contributed by atoms with van der Waals surface area (Å²) in [7, 11) is 0. The third-order valence-electron chi connectivity index (χ3n) is 2.54. The second-order valence-corrected chi connectivity index (χ2v) is 5.71. The number of nitrogens with one attached hydrogen (secondary N) is 1. The zero-order chi connectivity index (χ0) is 13.7. The maximum absolute atomic E-state index is 6.29. The second kappa shape index (κ2) is 7.15. The zero-order valence-electron chi connectivity index (χ0n) is 10.5. The van der Waals surface area contributed by atoms with Crippen LogP contribution in [0.2, 0.25) is 10.0 Å². The summed E-state index contributed by atoms with van der Waals surface area (Å²) in [4.78, 5) is 5.29. The minimum Gasteiger partial charge on any atom is -0.313 e. The van der Waals surface area contributed by atoms with Crippen molar-refractivity contribution in [3.05, 3.63) is 52.1 Å². The number of hydrogen-bond acceptors (Lipinski definition) is 3. The summed E-state index contributed by atoms with van der Waals surface area (Å²) in [6.07, 6.45) is 1.73. The van der Waals surface area contributed by atoms with Crippen LogP contribution in [0.5, 0.6) is 0 Å². The molecule has 2 rings (SSSR count). The van der Waals surface area contributed by atoms with Crippen LogP contribution < -0.4 is 5.32 Å². The highest BCUT2D eigenvalue weighted by Crippen LogP contribution is 2.37. The SMILES string of the molecule is CCNCc1cccc(Cl)c1Sc1ncccc1Cl. The van der Waals surface area contributed by atoms with Gasteiger partial charge < -0.3 is 5.32 Å². The van der Waals surface area contributed by atoms with E-state index in [0.717, 1.165) is 33.6 Å². The quantitative estimate of drug-likeness (QED) is 0.870. The van der Waals surface area contributed by atoms with Crippen molar-refractivity contribution in [1.82, 2.24) is 10.3 Å². The summed E-state index contributed by atoms with van der Waals surface area (Å²) in [6, 6.07) is 9.55. The van der Waals surface area contributed by atoms with Gasteiger partial charge in [0.15, 0.2) is 0 Å². The van der Waals surface area contributed by atoms with Crippen molar-refractivity contribution in [2.75, 3.05) is 6.54 Å². The standard InChI is InChI=1S/C14H14Cl2N2S/c1-2-17-9-10-5-3-6-11(15)13(10)19-14-12(16)7-4-8-18-14/h3-8,17H,2,9H2,1H3. The van der Waals surface area contributed by atoms with Gasteiger partial charge in [0.1, 0.15) is 5.03 Å². The Hall–Kier alpha value is -0.740. The summed E-state index contributed by atoms with van der Waals surface area (Å²) in [5, 5.41) is 5.45. The van der Waals surface area contributed by atoms with E-state index in [9.17, 15) is 0 Å². The molecule has 0 saturated heterocycles. The Labute approximate surface area is 127 Å². The van der Waals surface area contributed by atoms with E-state index >= 15 is 0 Å². The maximum Gasteiger partial charge on any atom is 0.119 e. The van der Waals surface area contributed by atoms with Crippen LogP contribution in [0, 0.1) is 0 Å². The van der Waals surface area contributed by atoms with Gasteiger partial charge in [0.05, 0.1) is 10.0 Å². The molecule has 5 heteroatoms. The predicted molar refractivity (Wildman–Crippen MR) is 82.2 cm³/mol. The van der Waals surface area contributed by atoms with Crippen molar-refractivity contribution in [3.63, 3.8) is 0 Å². The third-order valence-corrected chi connectivity index (χ3v) is 4.59. The maximum atomic E-state index is 6.29. The van der Waals surface area contributed by atoms with Crippen LogP contribution in [-0.4, -0.2) is 11.5 Å². The van der Waals surface area contributed by atoms with Crippen LogP contribution in [0.3, 0.4) is 0 Å². The summed E-state index contributed by atoms with van der Waals surface area (Å²) in [5.74, 6) is 0. The lowest BCUT2D eigenvalue weighted by atomic mass is 10.2. The molecule has 1 aromatic heterocycles. The normalized spacial score (nSPS) is 10.7. The van der Waals surface area contributed by atoms with Gasteiger partial charge in [-0.05, 0) is 30.3 Å². The topological polar surface area (TPSA) is 24.9 Å². The summed E-state index contributed by atoms with van der Waals surface area (Å²) >= 11 is 13.9. The fourth-order valence-electron chi connectivity index (χ4n) is 1.61. The van der Waals surface area contributed by atoms with Gasteiger partial charge >= 0.3 is 0 Å². The molecule has 19 heavy (non-hydrogen) atoms. The van der Waals surface area contributed by atoms with Crippen LogP contribution in [0.1, 0.15) is 12.5 Å². The van der Waals surface area contributed by atoms with Gasteiger partial charge in [-0.1, -0.05) is 54.0 Å². The Balaban J connectivity index is 2.31. The van der Waals surface area contributed by atoms with Crippen molar-refractivity contribution in [2.24, 2.45) is 0 Å². The Bertz CT molecular complexity index is 561. The molecule has 0 atom stereocenters. The van der Waals surface area contributed by atoms with Gasteiger partial charge in [-0.15, -0.1) is 0 Å². The van der Waals surface area contributed by atoms with Crippen molar-refractivity contribution in [1.29, 1.82) is 0 Å². The fraction of sp³-hybridized carbons (Fsp3) is 0.214. The Kier molecular flexibility index (Phi) is 5.52. The molecule has 0 aliphatic carbocycles. The van der Waals surface area contributed by atoms with Gasteiger partial charge in [-0.3, -0.25) is 0 Å². The monoisotopic (exact) mass is 312 g/mol. The Morgan fingerprint density at radius 2 is 1.95 bits per heavy atom. The molecular weight excluding hydrogens is 299 g/mol. The van der Waals surface area contributed by atoms with Crippen LogP contribution in [0.25, 0.3) is 0 Å². The lowest BCUT2D eigenvalue weighted by Gasteiger charge is -2.11. The van der Waals surface area contributed by atoms with Crippen LogP contribution in [-0.2, 0) is 6.54 Å². The first-order valence-electron chi connectivity index (χ1n) is 5.99. The number of rotatable bonds is 5. The number of nitrogens with zero attached hydrogens (tertiary/aromatic N) is 1. The molecule has 0 fully saturated rings. The van der Waals surface area contributed by atoms with Crippen molar-refractivity contribution in [3.8, 4) is 0 Å². The average Bonchev–Trinajstić information content (AvgIpc) is 2.41. The summed E-state index contributed by atoms with van der Waals surface area (Å²) in [5.41, 5.74) is 1.15. The minimum atomic E-state index is 0.641. The fourth-order valence-corrected chi connectivity index (χ4v) is 3.07. The van der Waals surface area contributed by atoms with E-state index in [4.69, 9.17) is 23.2 Å². The number of pyridine rings is 1. The highest BCUT2D eigenvalue weighted by atomic mass is 35.5. The minimum absolute atomic E-state index is 0.641. The first-order chi connectivity index (χ1) is 9.22. The van der Waals surface area contributed by atoms with E-state index in [0.29, 0.717) is 5.02 Å². The van der Waals surface area contributed by atoms with Gasteiger partial charge in [-0.25, -0.2) is 4.98 Å². The van der Waals surface area contributed by atoms with Gasteiger partial charge in [0, 0.05) is 17.6 Å². The van der Waals surface area contributed by atoms with Crippen molar-refractivity contribution in [2.45, 2.75) is 23.4 Å². The highest BCUT2D eigenvalue weighted by Gasteiger charge is 2.11. The van der Waals surface area contributed by atoms with Crippen LogP contribution in [0.15, 0.2) is 46.5 Å². The molecule has 0 amide bonds. The number of halogens is 2.